The Kier molecular flexibility index (Phi) is 4.25. The maximum absolute atomic E-state index is 14.1. The van der Waals surface area contributed by atoms with E-state index in [1.807, 2.05) is 12.1 Å². The van der Waals surface area contributed by atoms with Crippen LogP contribution in [0.15, 0.2) is 36.4 Å². The van der Waals surface area contributed by atoms with E-state index in [0.717, 1.165) is 5.56 Å². The van der Waals surface area contributed by atoms with E-state index in [1.54, 1.807) is 12.1 Å². The van der Waals surface area contributed by atoms with Crippen LogP contribution < -0.4 is 4.74 Å². The van der Waals surface area contributed by atoms with Crippen LogP contribution in [0.3, 0.4) is 0 Å². The standard InChI is InChI=1S/C16H16BrFO/c1-10-5-4-6-13(11(10)2)16(17)14-8-7-12(19-3)9-15(14)18/h4-9,16H,1-3H3. The van der Waals surface area contributed by atoms with E-state index in [1.165, 1.54) is 24.3 Å². The maximum Gasteiger partial charge on any atom is 0.131 e. The van der Waals surface area contributed by atoms with E-state index in [9.17, 15) is 4.39 Å². The molecular formula is C16H16BrFO. The van der Waals surface area contributed by atoms with Crippen molar-refractivity contribution in [1.29, 1.82) is 0 Å². The van der Waals surface area contributed by atoms with Crippen LogP contribution in [0.1, 0.15) is 27.1 Å². The molecular weight excluding hydrogens is 307 g/mol. The second-order valence-corrected chi connectivity index (χ2v) is 5.45. The van der Waals surface area contributed by atoms with E-state index in [4.69, 9.17) is 4.74 Å². The Bertz CT molecular complexity index is 595. The molecule has 0 N–H and O–H groups in total. The fourth-order valence-electron chi connectivity index (χ4n) is 2.06. The van der Waals surface area contributed by atoms with Crippen molar-refractivity contribution in [3.05, 3.63) is 64.5 Å². The lowest BCUT2D eigenvalue weighted by Gasteiger charge is -2.16. The molecule has 0 saturated heterocycles. The molecule has 0 amide bonds. The number of halogens is 2. The predicted octanol–water partition coefficient (Wildman–Crippen LogP) is 4.94. The second kappa shape index (κ2) is 5.74. The largest absolute Gasteiger partial charge is 0.497 e. The highest BCUT2D eigenvalue weighted by Crippen LogP contribution is 2.36. The molecule has 0 aliphatic rings. The fourth-order valence-corrected chi connectivity index (χ4v) is 2.92. The summed E-state index contributed by atoms with van der Waals surface area (Å²) in [6.45, 7) is 4.11. The van der Waals surface area contributed by atoms with Crippen LogP contribution in [0.4, 0.5) is 4.39 Å². The number of hydrogen-bond acceptors (Lipinski definition) is 1. The van der Waals surface area contributed by atoms with Crippen molar-refractivity contribution < 1.29 is 9.13 Å². The van der Waals surface area contributed by atoms with Crippen LogP contribution in [0.5, 0.6) is 5.75 Å². The molecule has 0 aliphatic heterocycles. The Morgan fingerprint density at radius 2 is 1.84 bits per heavy atom. The van der Waals surface area contributed by atoms with Gasteiger partial charge in [-0.15, -0.1) is 0 Å². The molecule has 2 aromatic carbocycles. The van der Waals surface area contributed by atoms with Crippen LogP contribution in [0, 0.1) is 19.7 Å². The van der Waals surface area contributed by atoms with E-state index >= 15 is 0 Å². The van der Waals surface area contributed by atoms with Crippen molar-refractivity contribution in [2.75, 3.05) is 7.11 Å². The van der Waals surface area contributed by atoms with Crippen LogP contribution in [0.2, 0.25) is 0 Å². The lowest BCUT2D eigenvalue weighted by Crippen LogP contribution is -2.00. The fraction of sp³-hybridized carbons (Fsp3) is 0.250. The molecule has 0 bridgehead atoms. The summed E-state index contributed by atoms with van der Waals surface area (Å²) in [7, 11) is 1.53. The molecule has 0 aliphatic carbocycles. The Morgan fingerprint density at radius 1 is 1.11 bits per heavy atom. The number of alkyl halides is 1. The summed E-state index contributed by atoms with van der Waals surface area (Å²) in [5, 5.41) is 0. The van der Waals surface area contributed by atoms with Gasteiger partial charge in [-0.1, -0.05) is 40.2 Å². The van der Waals surface area contributed by atoms with Crippen molar-refractivity contribution in [1.82, 2.24) is 0 Å². The van der Waals surface area contributed by atoms with Crippen molar-refractivity contribution >= 4 is 15.9 Å². The zero-order chi connectivity index (χ0) is 14.0. The van der Waals surface area contributed by atoms with E-state index in [-0.39, 0.29) is 10.6 Å². The third kappa shape index (κ3) is 2.81. The molecule has 0 saturated carbocycles. The zero-order valence-electron chi connectivity index (χ0n) is 11.2. The van der Waals surface area contributed by atoms with Gasteiger partial charge < -0.3 is 4.74 Å². The Hall–Kier alpha value is -1.35. The minimum Gasteiger partial charge on any atom is -0.497 e. The first-order valence-electron chi connectivity index (χ1n) is 6.08. The number of rotatable bonds is 3. The quantitative estimate of drug-likeness (QED) is 0.727. The summed E-state index contributed by atoms with van der Waals surface area (Å²) < 4.78 is 19.1. The average Bonchev–Trinajstić information content (AvgIpc) is 2.41. The molecule has 1 unspecified atom stereocenters. The van der Waals surface area contributed by atoms with Gasteiger partial charge in [-0.2, -0.15) is 0 Å². The Morgan fingerprint density at radius 3 is 2.47 bits per heavy atom. The summed E-state index contributed by atoms with van der Waals surface area (Å²) in [4.78, 5) is -0.154. The smallest absolute Gasteiger partial charge is 0.131 e. The van der Waals surface area contributed by atoms with Crippen molar-refractivity contribution in [2.45, 2.75) is 18.7 Å². The molecule has 2 aromatic rings. The zero-order valence-corrected chi connectivity index (χ0v) is 12.8. The van der Waals surface area contributed by atoms with Gasteiger partial charge in [-0.05, 0) is 36.6 Å². The summed E-state index contributed by atoms with van der Waals surface area (Å²) >= 11 is 3.60. The van der Waals surface area contributed by atoms with Crippen LogP contribution in [0.25, 0.3) is 0 Å². The number of ether oxygens (including phenoxy) is 1. The van der Waals surface area contributed by atoms with Gasteiger partial charge in [-0.25, -0.2) is 4.39 Å². The summed E-state index contributed by atoms with van der Waals surface area (Å²) in [6, 6.07) is 11.0. The molecule has 0 heterocycles. The third-order valence-electron chi connectivity index (χ3n) is 3.40. The normalized spacial score (nSPS) is 12.3. The Labute approximate surface area is 121 Å². The number of aryl methyl sites for hydroxylation is 1. The van der Waals surface area contributed by atoms with Gasteiger partial charge in [0.25, 0.3) is 0 Å². The minimum atomic E-state index is -0.262. The molecule has 0 aromatic heterocycles. The van der Waals surface area contributed by atoms with Gasteiger partial charge in [-0.3, -0.25) is 0 Å². The molecule has 2 rings (SSSR count). The Balaban J connectivity index is 2.44. The number of hydrogen-bond donors (Lipinski definition) is 0. The molecule has 0 fully saturated rings. The first-order valence-corrected chi connectivity index (χ1v) is 6.99. The molecule has 0 radical (unpaired) electrons. The predicted molar refractivity (Wildman–Crippen MR) is 79.6 cm³/mol. The van der Waals surface area contributed by atoms with Gasteiger partial charge in [0.2, 0.25) is 0 Å². The lowest BCUT2D eigenvalue weighted by atomic mass is 9.97. The van der Waals surface area contributed by atoms with Crippen LogP contribution in [-0.2, 0) is 0 Å². The first kappa shape index (κ1) is 14.1. The number of benzene rings is 2. The van der Waals surface area contributed by atoms with Crippen LogP contribution in [-0.4, -0.2) is 7.11 Å². The van der Waals surface area contributed by atoms with Gasteiger partial charge >= 0.3 is 0 Å². The van der Waals surface area contributed by atoms with Gasteiger partial charge in [0.15, 0.2) is 0 Å². The molecule has 19 heavy (non-hydrogen) atoms. The first-order chi connectivity index (χ1) is 9.04. The molecule has 3 heteroatoms. The van der Waals surface area contributed by atoms with Gasteiger partial charge in [0.05, 0.1) is 11.9 Å². The highest BCUT2D eigenvalue weighted by Gasteiger charge is 2.17. The lowest BCUT2D eigenvalue weighted by molar-refractivity contribution is 0.411. The van der Waals surface area contributed by atoms with Crippen molar-refractivity contribution in [3.63, 3.8) is 0 Å². The highest BCUT2D eigenvalue weighted by atomic mass is 79.9. The maximum atomic E-state index is 14.1. The van der Waals surface area contributed by atoms with E-state index in [0.29, 0.717) is 11.3 Å². The molecule has 100 valence electrons. The second-order valence-electron chi connectivity index (χ2n) is 4.54. The number of methoxy groups -OCH3 is 1. The van der Waals surface area contributed by atoms with E-state index < -0.39 is 0 Å². The highest BCUT2D eigenvalue weighted by molar-refractivity contribution is 9.09. The topological polar surface area (TPSA) is 9.23 Å². The van der Waals surface area contributed by atoms with Crippen molar-refractivity contribution in [2.24, 2.45) is 0 Å². The molecule has 1 nitrogen and oxygen atoms in total. The summed E-state index contributed by atoms with van der Waals surface area (Å²) in [5.41, 5.74) is 4.09. The van der Waals surface area contributed by atoms with Crippen LogP contribution >= 0.6 is 15.9 Å². The minimum absolute atomic E-state index is 0.154. The average molecular weight is 323 g/mol. The summed E-state index contributed by atoms with van der Waals surface area (Å²) in [5.74, 6) is 0.268. The van der Waals surface area contributed by atoms with Crippen molar-refractivity contribution in [3.8, 4) is 5.75 Å². The molecule has 0 spiro atoms. The third-order valence-corrected chi connectivity index (χ3v) is 4.39. The van der Waals surface area contributed by atoms with E-state index in [2.05, 4.69) is 35.8 Å². The SMILES string of the molecule is COc1ccc(C(Br)c2cccc(C)c2C)c(F)c1. The monoisotopic (exact) mass is 322 g/mol. The van der Waals surface area contributed by atoms with Gasteiger partial charge in [0.1, 0.15) is 11.6 Å². The summed E-state index contributed by atoms with van der Waals surface area (Å²) in [6.07, 6.45) is 0. The van der Waals surface area contributed by atoms with Gasteiger partial charge in [0, 0.05) is 11.6 Å². The molecule has 1 atom stereocenters.